The van der Waals surface area contributed by atoms with E-state index in [1.165, 1.54) is 12.1 Å². The largest absolute Gasteiger partial charge is 0.497 e. The van der Waals surface area contributed by atoms with Gasteiger partial charge < -0.3 is 10.1 Å². The molecule has 1 amide bonds. The van der Waals surface area contributed by atoms with Crippen LogP contribution in [0.1, 0.15) is 34.8 Å². The van der Waals surface area contributed by atoms with Crippen LogP contribution in [0.5, 0.6) is 5.75 Å². The second-order valence-corrected chi connectivity index (χ2v) is 9.47. The molecule has 162 valence electrons. The Morgan fingerprint density at radius 2 is 1.93 bits per heavy atom. The van der Waals surface area contributed by atoms with Crippen LogP contribution in [-0.2, 0) is 10.0 Å². The van der Waals surface area contributed by atoms with E-state index in [9.17, 15) is 13.2 Å². The van der Waals surface area contributed by atoms with Crippen LogP contribution in [-0.4, -0.2) is 52.2 Å². The molecule has 2 aromatic carbocycles. The number of ether oxygens (including phenoxy) is 1. The monoisotopic (exact) mass is 451 g/mol. The van der Waals surface area contributed by atoms with Gasteiger partial charge in [0.2, 0.25) is 10.0 Å². The van der Waals surface area contributed by atoms with Crippen molar-refractivity contribution in [2.75, 3.05) is 37.7 Å². The molecule has 0 bridgehead atoms. The minimum atomic E-state index is -3.51. The molecule has 7 nitrogen and oxygen atoms in total. The highest BCUT2D eigenvalue weighted by Gasteiger charge is 2.24. The fourth-order valence-corrected chi connectivity index (χ4v) is 4.38. The smallest absolute Gasteiger partial charge is 0.251 e. The maximum Gasteiger partial charge on any atom is 0.251 e. The Kier molecular flexibility index (Phi) is 7.23. The van der Waals surface area contributed by atoms with Gasteiger partial charge in [-0.3, -0.25) is 14.4 Å². The minimum Gasteiger partial charge on any atom is -0.497 e. The van der Waals surface area contributed by atoms with Crippen LogP contribution in [0, 0.1) is 0 Å². The Bertz CT molecular complexity index is 1010. The van der Waals surface area contributed by atoms with Gasteiger partial charge in [-0.25, -0.2) is 8.42 Å². The molecule has 2 N–H and O–H groups in total. The number of hydrogen-bond donors (Lipinski definition) is 2. The second-order valence-electron chi connectivity index (χ2n) is 7.31. The van der Waals surface area contributed by atoms with E-state index in [2.05, 4.69) is 14.9 Å². The SMILES string of the molecule is COc1cccc(C(CNC(=O)c2ccc(Cl)c(NS(C)(=O)=O)c2)N2CCCC2)c1. The Morgan fingerprint density at radius 1 is 1.20 bits per heavy atom. The molecule has 9 heteroatoms. The quantitative estimate of drug-likeness (QED) is 0.643. The van der Waals surface area contributed by atoms with Crippen molar-refractivity contribution in [2.45, 2.75) is 18.9 Å². The van der Waals surface area contributed by atoms with Gasteiger partial charge in [0, 0.05) is 12.1 Å². The molecule has 0 aromatic heterocycles. The van der Waals surface area contributed by atoms with E-state index in [0.29, 0.717) is 12.1 Å². The lowest BCUT2D eigenvalue weighted by molar-refractivity contribution is 0.0938. The summed E-state index contributed by atoms with van der Waals surface area (Å²) in [5.41, 5.74) is 1.58. The molecule has 1 aliphatic rings. The van der Waals surface area contributed by atoms with Crippen molar-refractivity contribution in [3.05, 3.63) is 58.6 Å². The molecule has 1 atom stereocenters. The number of likely N-dealkylation sites (tertiary alicyclic amines) is 1. The third kappa shape index (κ3) is 5.87. The summed E-state index contributed by atoms with van der Waals surface area (Å²) < 4.78 is 30.7. The molecular weight excluding hydrogens is 426 g/mol. The number of hydrogen-bond acceptors (Lipinski definition) is 5. The summed E-state index contributed by atoms with van der Waals surface area (Å²) >= 11 is 6.05. The van der Waals surface area contributed by atoms with Crippen molar-refractivity contribution < 1.29 is 17.9 Å². The molecule has 1 saturated heterocycles. The third-order valence-electron chi connectivity index (χ3n) is 5.04. The number of anilines is 1. The molecule has 1 aliphatic heterocycles. The number of methoxy groups -OCH3 is 1. The van der Waals surface area contributed by atoms with Crippen molar-refractivity contribution in [3.63, 3.8) is 0 Å². The topological polar surface area (TPSA) is 87.7 Å². The lowest BCUT2D eigenvalue weighted by Gasteiger charge is -2.28. The Hall–Kier alpha value is -2.29. The van der Waals surface area contributed by atoms with Crippen molar-refractivity contribution in [3.8, 4) is 5.75 Å². The number of nitrogens with one attached hydrogen (secondary N) is 2. The van der Waals surface area contributed by atoms with Gasteiger partial charge in [-0.05, 0) is 61.8 Å². The van der Waals surface area contributed by atoms with E-state index in [4.69, 9.17) is 16.3 Å². The Morgan fingerprint density at radius 3 is 2.60 bits per heavy atom. The number of carbonyl (C=O) groups is 1. The molecule has 2 aromatic rings. The van der Waals surface area contributed by atoms with Gasteiger partial charge in [0.25, 0.3) is 5.91 Å². The summed E-state index contributed by atoms with van der Waals surface area (Å²) in [5, 5.41) is 3.20. The van der Waals surface area contributed by atoms with Crippen LogP contribution in [0.2, 0.25) is 5.02 Å². The van der Waals surface area contributed by atoms with Gasteiger partial charge in [-0.2, -0.15) is 0 Å². The van der Waals surface area contributed by atoms with E-state index in [-0.39, 0.29) is 22.7 Å². The van der Waals surface area contributed by atoms with E-state index in [1.807, 2.05) is 24.3 Å². The predicted octanol–water partition coefficient (Wildman–Crippen LogP) is 3.29. The molecule has 0 aliphatic carbocycles. The fraction of sp³-hybridized carbons (Fsp3) is 0.381. The van der Waals surface area contributed by atoms with Crippen LogP contribution in [0.4, 0.5) is 5.69 Å². The van der Waals surface area contributed by atoms with Gasteiger partial charge in [-0.15, -0.1) is 0 Å². The van der Waals surface area contributed by atoms with Crippen LogP contribution in [0.3, 0.4) is 0 Å². The molecule has 0 radical (unpaired) electrons. The fourth-order valence-electron chi connectivity index (χ4n) is 3.60. The van der Waals surface area contributed by atoms with Crippen molar-refractivity contribution in [2.24, 2.45) is 0 Å². The number of amides is 1. The number of carbonyl (C=O) groups excluding carboxylic acids is 1. The number of halogens is 1. The summed E-state index contributed by atoms with van der Waals surface area (Å²) in [6.07, 6.45) is 3.29. The zero-order valence-corrected chi connectivity index (χ0v) is 18.6. The standard InChI is InChI=1S/C21H26ClN3O4S/c1-29-17-7-5-6-15(12-17)20(25-10-3-4-11-25)14-23-21(26)16-8-9-18(22)19(13-16)24-30(2,27)28/h5-9,12-13,20,24H,3-4,10-11,14H2,1-2H3,(H,23,26). The molecule has 0 spiro atoms. The molecule has 1 heterocycles. The van der Waals surface area contributed by atoms with E-state index in [1.54, 1.807) is 13.2 Å². The predicted molar refractivity (Wildman–Crippen MR) is 119 cm³/mol. The first kappa shape index (κ1) is 22.4. The highest BCUT2D eigenvalue weighted by molar-refractivity contribution is 7.92. The molecule has 1 unspecified atom stereocenters. The average Bonchev–Trinajstić information content (AvgIpc) is 3.23. The number of nitrogens with zero attached hydrogens (tertiary/aromatic N) is 1. The van der Waals surface area contributed by atoms with E-state index >= 15 is 0 Å². The highest BCUT2D eigenvalue weighted by Crippen LogP contribution is 2.28. The Balaban J connectivity index is 1.76. The maximum atomic E-state index is 12.8. The summed E-state index contributed by atoms with van der Waals surface area (Å²) in [7, 11) is -1.87. The number of rotatable bonds is 8. The van der Waals surface area contributed by atoms with Crippen LogP contribution < -0.4 is 14.8 Å². The lowest BCUT2D eigenvalue weighted by atomic mass is 10.0. The zero-order chi connectivity index (χ0) is 21.7. The molecule has 3 rings (SSSR count). The van der Waals surface area contributed by atoms with Gasteiger partial charge in [-0.1, -0.05) is 23.7 Å². The molecule has 0 saturated carbocycles. The van der Waals surface area contributed by atoms with Crippen LogP contribution >= 0.6 is 11.6 Å². The van der Waals surface area contributed by atoms with Crippen molar-refractivity contribution >= 4 is 33.2 Å². The molecular formula is C21H26ClN3O4S. The second kappa shape index (κ2) is 9.68. The Labute approximate surface area is 182 Å². The number of sulfonamides is 1. The third-order valence-corrected chi connectivity index (χ3v) is 5.96. The van der Waals surface area contributed by atoms with Crippen molar-refractivity contribution in [1.82, 2.24) is 10.2 Å². The summed E-state index contributed by atoms with van der Waals surface area (Å²) in [6.45, 7) is 2.37. The van der Waals surface area contributed by atoms with Crippen molar-refractivity contribution in [1.29, 1.82) is 0 Å². The summed E-state index contributed by atoms with van der Waals surface area (Å²) in [5.74, 6) is 0.479. The van der Waals surface area contributed by atoms with E-state index in [0.717, 1.165) is 43.5 Å². The van der Waals surface area contributed by atoms with Gasteiger partial charge in [0.15, 0.2) is 0 Å². The summed E-state index contributed by atoms with van der Waals surface area (Å²) in [6, 6.07) is 12.4. The highest BCUT2D eigenvalue weighted by atomic mass is 35.5. The number of benzene rings is 2. The molecule has 30 heavy (non-hydrogen) atoms. The normalized spacial score (nSPS) is 15.6. The summed E-state index contributed by atoms with van der Waals surface area (Å²) in [4.78, 5) is 15.1. The lowest BCUT2D eigenvalue weighted by Crippen LogP contribution is -2.36. The van der Waals surface area contributed by atoms with Crippen LogP contribution in [0.15, 0.2) is 42.5 Å². The average molecular weight is 452 g/mol. The first-order chi connectivity index (χ1) is 14.3. The molecule has 1 fully saturated rings. The van der Waals surface area contributed by atoms with Gasteiger partial charge in [0.05, 0.1) is 30.1 Å². The van der Waals surface area contributed by atoms with E-state index < -0.39 is 10.0 Å². The van der Waals surface area contributed by atoms with Gasteiger partial charge >= 0.3 is 0 Å². The van der Waals surface area contributed by atoms with Gasteiger partial charge in [0.1, 0.15) is 5.75 Å². The zero-order valence-electron chi connectivity index (χ0n) is 17.0. The first-order valence-electron chi connectivity index (χ1n) is 9.70. The maximum absolute atomic E-state index is 12.8. The van der Waals surface area contributed by atoms with Crippen LogP contribution in [0.25, 0.3) is 0 Å². The minimum absolute atomic E-state index is 0.0208. The first-order valence-corrected chi connectivity index (χ1v) is 12.0.